The number of methoxy groups -OCH3 is 2. The van der Waals surface area contributed by atoms with E-state index in [1.165, 1.54) is 25.9 Å². The van der Waals surface area contributed by atoms with E-state index in [0.29, 0.717) is 46.1 Å². The summed E-state index contributed by atoms with van der Waals surface area (Å²) in [4.78, 5) is 25.3. The Hall–Kier alpha value is -1.77. The minimum atomic E-state index is -0.141. The van der Waals surface area contributed by atoms with Crippen LogP contribution in [-0.2, 0) is 6.54 Å². The Bertz CT molecular complexity index is 897. The molecule has 0 aliphatic carbocycles. The van der Waals surface area contributed by atoms with Gasteiger partial charge in [0.15, 0.2) is 11.5 Å². The van der Waals surface area contributed by atoms with E-state index in [1.54, 1.807) is 26.4 Å². The van der Waals surface area contributed by atoms with Gasteiger partial charge in [0.1, 0.15) is 5.82 Å². The van der Waals surface area contributed by atoms with E-state index in [0.717, 1.165) is 13.1 Å². The van der Waals surface area contributed by atoms with Crippen LogP contribution in [-0.4, -0.2) is 77.7 Å². The van der Waals surface area contributed by atoms with Crippen molar-refractivity contribution >= 4 is 22.7 Å². The molecule has 2 unspecified atom stereocenters. The molecular weight excluding hydrogens is 376 g/mol. The second-order valence-corrected chi connectivity index (χ2v) is 8.59. The summed E-state index contributed by atoms with van der Waals surface area (Å²) in [6.07, 6.45) is 4.82. The minimum Gasteiger partial charge on any atom is -0.493 e. The first-order valence-electron chi connectivity index (χ1n) is 9.77. The maximum atomic E-state index is 12.6. The Morgan fingerprint density at radius 3 is 2.57 bits per heavy atom. The molecule has 0 bridgehead atoms. The van der Waals surface area contributed by atoms with Gasteiger partial charge in [-0.15, -0.1) is 0 Å². The predicted octanol–water partition coefficient (Wildman–Crippen LogP) is 1.95. The zero-order chi connectivity index (χ0) is 19.7. The van der Waals surface area contributed by atoms with Crippen LogP contribution in [0.4, 0.5) is 0 Å². The number of hydrogen-bond acceptors (Lipinski definition) is 7. The molecule has 0 spiro atoms. The van der Waals surface area contributed by atoms with E-state index in [-0.39, 0.29) is 5.56 Å². The molecule has 0 radical (unpaired) electrons. The van der Waals surface area contributed by atoms with Crippen LogP contribution in [0.25, 0.3) is 10.9 Å². The molecule has 28 heavy (non-hydrogen) atoms. The van der Waals surface area contributed by atoms with Crippen molar-refractivity contribution in [2.45, 2.75) is 30.7 Å². The first-order valence-corrected chi connectivity index (χ1v) is 11.1. The molecule has 0 saturated carbocycles. The molecule has 2 atom stereocenters. The summed E-state index contributed by atoms with van der Waals surface area (Å²) in [6.45, 7) is 5.13. The monoisotopic (exact) mass is 404 g/mol. The van der Waals surface area contributed by atoms with Gasteiger partial charge in [-0.2, -0.15) is 11.8 Å². The van der Waals surface area contributed by atoms with E-state index in [1.807, 2.05) is 11.8 Å². The molecule has 2 aromatic rings. The summed E-state index contributed by atoms with van der Waals surface area (Å²) >= 11 is 1.95. The van der Waals surface area contributed by atoms with Crippen LogP contribution >= 0.6 is 11.8 Å². The number of aromatic amines is 1. The molecular formula is C20H28N4O3S. The standard InChI is InChI=1S/C20H28N4O3S/c1-26-16-8-13-14(9-17(16)27-2)21-19(22-20(13)25)12-23-10-15(18(11-23)28-3)24-6-4-5-7-24/h8-9,15,18H,4-7,10-12H2,1-3H3,(H,21,22,25). The molecule has 7 nitrogen and oxygen atoms in total. The van der Waals surface area contributed by atoms with Gasteiger partial charge in [-0.25, -0.2) is 4.98 Å². The van der Waals surface area contributed by atoms with Crippen LogP contribution in [0.15, 0.2) is 16.9 Å². The van der Waals surface area contributed by atoms with Crippen molar-refractivity contribution in [2.75, 3.05) is 46.7 Å². The fourth-order valence-corrected chi connectivity index (χ4v) is 5.35. The van der Waals surface area contributed by atoms with Crippen molar-refractivity contribution in [3.8, 4) is 11.5 Å². The van der Waals surface area contributed by atoms with Crippen molar-refractivity contribution in [2.24, 2.45) is 0 Å². The van der Waals surface area contributed by atoms with Crippen LogP contribution in [0, 0.1) is 0 Å². The Labute approximate surface area is 169 Å². The molecule has 3 heterocycles. The number of nitrogens with zero attached hydrogens (tertiary/aromatic N) is 3. The molecule has 4 rings (SSSR count). The fourth-order valence-electron chi connectivity index (χ4n) is 4.42. The number of ether oxygens (including phenoxy) is 2. The highest BCUT2D eigenvalue weighted by Crippen LogP contribution is 2.31. The van der Waals surface area contributed by atoms with Crippen LogP contribution in [0.3, 0.4) is 0 Å². The highest BCUT2D eigenvalue weighted by molar-refractivity contribution is 7.99. The zero-order valence-corrected chi connectivity index (χ0v) is 17.6. The summed E-state index contributed by atoms with van der Waals surface area (Å²) in [5.74, 6) is 1.81. The van der Waals surface area contributed by atoms with E-state index in [2.05, 4.69) is 21.0 Å². The van der Waals surface area contributed by atoms with E-state index < -0.39 is 0 Å². The molecule has 0 amide bonds. The maximum Gasteiger partial charge on any atom is 0.258 e. The molecule has 152 valence electrons. The van der Waals surface area contributed by atoms with Gasteiger partial charge in [0, 0.05) is 30.4 Å². The number of hydrogen-bond donors (Lipinski definition) is 1. The third-order valence-electron chi connectivity index (χ3n) is 5.86. The molecule has 1 aromatic heterocycles. The van der Waals surface area contributed by atoms with Crippen LogP contribution < -0.4 is 15.0 Å². The summed E-state index contributed by atoms with van der Waals surface area (Å²) in [5.41, 5.74) is 0.491. The molecule has 1 N–H and O–H groups in total. The van der Waals surface area contributed by atoms with Crippen molar-refractivity contribution in [3.63, 3.8) is 0 Å². The molecule has 2 aliphatic heterocycles. The summed E-state index contributed by atoms with van der Waals surface area (Å²) in [5, 5.41) is 1.12. The minimum absolute atomic E-state index is 0.141. The maximum absolute atomic E-state index is 12.6. The molecule has 2 saturated heterocycles. The fraction of sp³-hybridized carbons (Fsp3) is 0.600. The number of aromatic nitrogens is 2. The average Bonchev–Trinajstić information content (AvgIpc) is 3.36. The lowest BCUT2D eigenvalue weighted by Crippen LogP contribution is -2.40. The van der Waals surface area contributed by atoms with E-state index >= 15 is 0 Å². The van der Waals surface area contributed by atoms with Gasteiger partial charge in [0.05, 0.1) is 31.7 Å². The van der Waals surface area contributed by atoms with Crippen LogP contribution in [0.2, 0.25) is 0 Å². The largest absolute Gasteiger partial charge is 0.493 e. The molecule has 2 fully saturated rings. The number of H-pyrrole nitrogens is 1. The van der Waals surface area contributed by atoms with Crippen LogP contribution in [0.1, 0.15) is 18.7 Å². The normalized spacial score (nSPS) is 23.5. The predicted molar refractivity (Wildman–Crippen MR) is 113 cm³/mol. The zero-order valence-electron chi connectivity index (χ0n) is 16.7. The number of rotatable bonds is 6. The number of thioether (sulfide) groups is 1. The molecule has 2 aliphatic rings. The second kappa shape index (κ2) is 8.31. The second-order valence-electron chi connectivity index (χ2n) is 7.52. The average molecular weight is 405 g/mol. The first-order chi connectivity index (χ1) is 13.6. The highest BCUT2D eigenvalue weighted by Gasteiger charge is 2.37. The summed E-state index contributed by atoms with van der Waals surface area (Å²) < 4.78 is 10.7. The SMILES string of the molecule is COc1cc2nc(CN3CC(SC)C(N4CCCC4)C3)[nH]c(=O)c2cc1OC. The van der Waals surface area contributed by atoms with Crippen molar-refractivity contribution in [1.82, 2.24) is 19.8 Å². The van der Waals surface area contributed by atoms with E-state index in [9.17, 15) is 4.79 Å². The highest BCUT2D eigenvalue weighted by atomic mass is 32.2. The Kier molecular flexibility index (Phi) is 5.80. The Balaban J connectivity index is 1.57. The summed E-state index contributed by atoms with van der Waals surface area (Å²) in [6, 6.07) is 4.05. The van der Waals surface area contributed by atoms with E-state index in [4.69, 9.17) is 14.5 Å². The first kappa shape index (κ1) is 19.5. The van der Waals surface area contributed by atoms with Crippen molar-refractivity contribution < 1.29 is 9.47 Å². The number of benzene rings is 1. The number of likely N-dealkylation sites (tertiary alicyclic amines) is 2. The quantitative estimate of drug-likeness (QED) is 0.789. The third-order valence-corrected chi connectivity index (χ3v) is 6.93. The smallest absolute Gasteiger partial charge is 0.258 e. The topological polar surface area (TPSA) is 70.7 Å². The van der Waals surface area contributed by atoms with Gasteiger partial charge >= 0.3 is 0 Å². The third kappa shape index (κ3) is 3.73. The van der Waals surface area contributed by atoms with Crippen molar-refractivity contribution in [3.05, 3.63) is 28.3 Å². The van der Waals surface area contributed by atoms with Crippen LogP contribution in [0.5, 0.6) is 11.5 Å². The lowest BCUT2D eigenvalue weighted by Gasteiger charge is -2.27. The summed E-state index contributed by atoms with van der Waals surface area (Å²) in [7, 11) is 3.15. The van der Waals surface area contributed by atoms with Crippen molar-refractivity contribution in [1.29, 1.82) is 0 Å². The lowest BCUT2D eigenvalue weighted by atomic mass is 10.2. The van der Waals surface area contributed by atoms with Gasteiger partial charge in [-0.05, 0) is 38.3 Å². The van der Waals surface area contributed by atoms with Gasteiger partial charge < -0.3 is 14.5 Å². The Morgan fingerprint density at radius 2 is 1.89 bits per heavy atom. The number of nitrogens with one attached hydrogen (secondary N) is 1. The molecule has 8 heteroatoms. The molecule has 1 aromatic carbocycles. The van der Waals surface area contributed by atoms with Gasteiger partial charge in [-0.1, -0.05) is 0 Å². The number of fused-ring (bicyclic) bond motifs is 1. The van der Waals surface area contributed by atoms with Gasteiger partial charge in [-0.3, -0.25) is 14.6 Å². The van der Waals surface area contributed by atoms with Gasteiger partial charge in [0.2, 0.25) is 0 Å². The Morgan fingerprint density at radius 1 is 1.18 bits per heavy atom. The lowest BCUT2D eigenvalue weighted by molar-refractivity contribution is 0.229. The van der Waals surface area contributed by atoms with Gasteiger partial charge in [0.25, 0.3) is 5.56 Å².